The first-order chi connectivity index (χ1) is 10.4. The van der Waals surface area contributed by atoms with Crippen molar-refractivity contribution in [1.29, 1.82) is 0 Å². The van der Waals surface area contributed by atoms with Gasteiger partial charge < -0.3 is 0 Å². The van der Waals surface area contributed by atoms with Gasteiger partial charge in [0.2, 0.25) is 11.8 Å². The lowest BCUT2D eigenvalue weighted by atomic mass is 10.1. The Hall–Kier alpha value is -2.21. The molecule has 7 heteroatoms. The van der Waals surface area contributed by atoms with E-state index < -0.39 is 23.8 Å². The minimum absolute atomic E-state index is 0.445. The zero-order valence-corrected chi connectivity index (χ0v) is 13.1. The molecule has 4 amide bonds. The molecule has 1 aromatic rings. The van der Waals surface area contributed by atoms with E-state index in [1.54, 1.807) is 12.1 Å². The maximum Gasteiger partial charge on any atom is 0.332 e. The Morgan fingerprint density at radius 2 is 1.64 bits per heavy atom. The van der Waals surface area contributed by atoms with Gasteiger partial charge >= 0.3 is 6.03 Å². The SMILES string of the molecule is CN1C(=O)C(C=NCCc2ccc(Cl)cc2)C(=O)N(C)C1=O. The lowest BCUT2D eigenvalue weighted by Crippen LogP contribution is -2.57. The van der Waals surface area contributed by atoms with Gasteiger partial charge in [-0.1, -0.05) is 23.7 Å². The number of hydrogen-bond acceptors (Lipinski definition) is 4. The zero-order valence-electron chi connectivity index (χ0n) is 12.3. The summed E-state index contributed by atoms with van der Waals surface area (Å²) in [4.78, 5) is 41.5. The third kappa shape index (κ3) is 3.33. The van der Waals surface area contributed by atoms with Crippen LogP contribution in [0.1, 0.15) is 5.56 Å². The Morgan fingerprint density at radius 1 is 1.09 bits per heavy atom. The Balaban J connectivity index is 1.97. The van der Waals surface area contributed by atoms with Crippen molar-refractivity contribution in [2.75, 3.05) is 20.6 Å². The molecule has 116 valence electrons. The van der Waals surface area contributed by atoms with Crippen LogP contribution in [0.4, 0.5) is 4.79 Å². The van der Waals surface area contributed by atoms with Crippen LogP contribution >= 0.6 is 11.6 Å². The van der Waals surface area contributed by atoms with Crippen LogP contribution in [-0.2, 0) is 16.0 Å². The summed E-state index contributed by atoms with van der Waals surface area (Å²) in [6.45, 7) is 0.445. The molecule has 0 spiro atoms. The van der Waals surface area contributed by atoms with E-state index in [9.17, 15) is 14.4 Å². The molecule has 0 N–H and O–H groups in total. The lowest BCUT2D eigenvalue weighted by Gasteiger charge is -2.31. The average molecular weight is 322 g/mol. The van der Waals surface area contributed by atoms with Crippen LogP contribution in [0.3, 0.4) is 0 Å². The number of carbonyl (C=O) groups excluding carboxylic acids is 3. The predicted octanol–water partition coefficient (Wildman–Crippen LogP) is 1.62. The Kier molecular flexibility index (Phi) is 4.92. The predicted molar refractivity (Wildman–Crippen MR) is 82.9 cm³/mol. The first kappa shape index (κ1) is 16.2. The fraction of sp³-hybridized carbons (Fsp3) is 0.333. The van der Waals surface area contributed by atoms with E-state index in [0.717, 1.165) is 15.4 Å². The van der Waals surface area contributed by atoms with Crippen molar-refractivity contribution in [2.45, 2.75) is 6.42 Å². The summed E-state index contributed by atoms with van der Waals surface area (Å²) in [5.74, 6) is -2.13. The zero-order chi connectivity index (χ0) is 16.3. The highest BCUT2D eigenvalue weighted by molar-refractivity contribution is 6.30. The van der Waals surface area contributed by atoms with Crippen LogP contribution in [-0.4, -0.2) is 54.5 Å². The van der Waals surface area contributed by atoms with Gasteiger partial charge in [0.05, 0.1) is 0 Å². The van der Waals surface area contributed by atoms with E-state index in [1.165, 1.54) is 20.3 Å². The standard InChI is InChI=1S/C15H16ClN3O3/c1-18-13(20)12(14(21)19(2)15(18)22)9-17-8-7-10-3-5-11(16)6-4-10/h3-6,9,12H,7-8H2,1-2H3. The molecule has 0 aromatic heterocycles. The van der Waals surface area contributed by atoms with Crippen molar-refractivity contribution in [3.63, 3.8) is 0 Å². The second-order valence-corrected chi connectivity index (χ2v) is 5.42. The molecule has 2 rings (SSSR count). The summed E-state index contributed by atoms with van der Waals surface area (Å²) in [6, 6.07) is 6.76. The van der Waals surface area contributed by atoms with Crippen molar-refractivity contribution in [1.82, 2.24) is 9.80 Å². The molecule has 1 saturated heterocycles. The molecule has 22 heavy (non-hydrogen) atoms. The van der Waals surface area contributed by atoms with Crippen molar-refractivity contribution in [2.24, 2.45) is 10.9 Å². The number of barbiturate groups is 1. The molecule has 1 heterocycles. The van der Waals surface area contributed by atoms with E-state index in [-0.39, 0.29) is 0 Å². The van der Waals surface area contributed by atoms with Gasteiger partial charge in [-0.3, -0.25) is 24.4 Å². The van der Waals surface area contributed by atoms with E-state index >= 15 is 0 Å². The van der Waals surface area contributed by atoms with E-state index in [1.807, 2.05) is 12.1 Å². The number of rotatable bonds is 4. The normalized spacial score (nSPS) is 17.0. The first-order valence-electron chi connectivity index (χ1n) is 6.75. The minimum atomic E-state index is -1.03. The molecule has 1 fully saturated rings. The average Bonchev–Trinajstić information content (AvgIpc) is 2.52. The van der Waals surface area contributed by atoms with Crippen LogP contribution in [0.15, 0.2) is 29.3 Å². The van der Waals surface area contributed by atoms with Crippen molar-refractivity contribution in [3.05, 3.63) is 34.9 Å². The number of carbonyl (C=O) groups is 3. The highest BCUT2D eigenvalue weighted by Crippen LogP contribution is 2.14. The van der Waals surface area contributed by atoms with Gasteiger partial charge in [0.15, 0.2) is 5.92 Å². The molecule has 0 unspecified atom stereocenters. The van der Waals surface area contributed by atoms with Gasteiger partial charge in [-0.25, -0.2) is 4.79 Å². The summed E-state index contributed by atoms with van der Waals surface area (Å²) in [5, 5.41) is 0.668. The molecule has 0 atom stereocenters. The van der Waals surface area contributed by atoms with Gasteiger partial charge in [0.25, 0.3) is 0 Å². The summed E-state index contributed by atoms with van der Waals surface area (Å²) in [6.07, 6.45) is 1.99. The quantitative estimate of drug-likeness (QED) is 0.625. The maximum atomic E-state index is 11.9. The smallest absolute Gasteiger partial charge is 0.296 e. The van der Waals surface area contributed by atoms with Crippen LogP contribution in [0.25, 0.3) is 0 Å². The molecule has 1 aliphatic heterocycles. The first-order valence-corrected chi connectivity index (χ1v) is 7.13. The topological polar surface area (TPSA) is 70.1 Å². The molecule has 6 nitrogen and oxygen atoms in total. The third-order valence-corrected chi connectivity index (χ3v) is 3.72. The van der Waals surface area contributed by atoms with Crippen LogP contribution < -0.4 is 0 Å². The fourth-order valence-electron chi connectivity index (χ4n) is 2.09. The number of halogens is 1. The van der Waals surface area contributed by atoms with Gasteiger partial charge in [-0.05, 0) is 24.1 Å². The molecular weight excluding hydrogens is 306 g/mol. The Bertz CT molecular complexity index is 603. The molecular formula is C15H16ClN3O3. The fourth-order valence-corrected chi connectivity index (χ4v) is 2.21. The van der Waals surface area contributed by atoms with Gasteiger partial charge in [0.1, 0.15) is 0 Å². The Morgan fingerprint density at radius 3 is 2.18 bits per heavy atom. The number of nitrogens with zero attached hydrogens (tertiary/aromatic N) is 3. The van der Waals surface area contributed by atoms with Gasteiger partial charge in [0, 0.05) is 31.9 Å². The summed E-state index contributed by atoms with van der Waals surface area (Å²) in [7, 11) is 2.70. The van der Waals surface area contributed by atoms with Gasteiger partial charge in [-0.15, -0.1) is 0 Å². The van der Waals surface area contributed by atoms with E-state index in [0.29, 0.717) is 18.0 Å². The molecule has 0 aliphatic carbocycles. The number of benzene rings is 1. The molecule has 0 bridgehead atoms. The summed E-state index contributed by atoms with van der Waals surface area (Å²) in [5.41, 5.74) is 1.06. The van der Waals surface area contributed by atoms with Crippen molar-refractivity contribution >= 4 is 35.7 Å². The lowest BCUT2D eigenvalue weighted by molar-refractivity contribution is -0.144. The summed E-state index contributed by atoms with van der Waals surface area (Å²) < 4.78 is 0. The molecule has 1 aliphatic rings. The molecule has 0 radical (unpaired) electrons. The Labute approximate surface area is 133 Å². The number of aliphatic imine (C=N–C) groups is 1. The van der Waals surface area contributed by atoms with Crippen LogP contribution in [0.5, 0.6) is 0 Å². The van der Waals surface area contributed by atoms with Crippen molar-refractivity contribution in [3.8, 4) is 0 Å². The third-order valence-electron chi connectivity index (χ3n) is 3.46. The van der Waals surface area contributed by atoms with Gasteiger partial charge in [-0.2, -0.15) is 0 Å². The number of hydrogen-bond donors (Lipinski definition) is 0. The highest BCUT2D eigenvalue weighted by atomic mass is 35.5. The molecule has 0 saturated carbocycles. The second kappa shape index (κ2) is 6.70. The van der Waals surface area contributed by atoms with Crippen LogP contribution in [0.2, 0.25) is 5.02 Å². The second-order valence-electron chi connectivity index (χ2n) is 4.99. The summed E-state index contributed by atoms with van der Waals surface area (Å²) >= 11 is 5.80. The highest BCUT2D eigenvalue weighted by Gasteiger charge is 2.41. The molecule has 1 aromatic carbocycles. The minimum Gasteiger partial charge on any atom is -0.296 e. The number of amides is 4. The van der Waals surface area contributed by atoms with Crippen molar-refractivity contribution < 1.29 is 14.4 Å². The van der Waals surface area contributed by atoms with Crippen LogP contribution in [0, 0.1) is 5.92 Å². The number of urea groups is 1. The maximum absolute atomic E-state index is 11.9. The van der Waals surface area contributed by atoms with E-state index in [4.69, 9.17) is 11.6 Å². The van der Waals surface area contributed by atoms with E-state index in [2.05, 4.69) is 4.99 Å². The largest absolute Gasteiger partial charge is 0.332 e. The monoisotopic (exact) mass is 321 g/mol. The number of imide groups is 2.